The molecule has 3 aliphatic rings. The quantitative estimate of drug-likeness (QED) is 0.108. The zero-order valence-corrected chi connectivity index (χ0v) is 24.1. The van der Waals surface area contributed by atoms with Gasteiger partial charge in [0.15, 0.2) is 40.9 Å². The molecule has 240 valence electrons. The standard InChI is InChI=1S/C20H22N10O13P2/c21-19-25-13-7(15(33)27-19)23-3-29(13)17-9(31)11-6(41-17)2-39-45(36,37)43-12-5(1-38-44(35)42-11)40-18(10(12)32)30-4-24-8-14(30)26-20(22)28-16(8)34/h3-6,9-12,17-18,31-32H,1-2H2,(H6-,21,22,25,26,27,28,33,34,36,37)/p+1/t5-,6-,9-,10-,11-,12-,17-,18-/m1/s1. The Kier molecular flexibility index (Phi) is 7.30. The molecule has 10 atom stereocenters. The van der Waals surface area contributed by atoms with E-state index < -0.39 is 89.5 Å². The fourth-order valence-corrected chi connectivity index (χ4v) is 7.05. The predicted octanol–water partition coefficient (Wildman–Crippen LogP) is -2.49. The van der Waals surface area contributed by atoms with Crippen LogP contribution in [-0.2, 0) is 36.7 Å². The minimum atomic E-state index is -5.02. The van der Waals surface area contributed by atoms with Gasteiger partial charge in [0.25, 0.3) is 11.1 Å². The van der Waals surface area contributed by atoms with Crippen molar-refractivity contribution in [2.45, 2.75) is 49.1 Å². The molecule has 0 amide bonds. The van der Waals surface area contributed by atoms with E-state index >= 15 is 0 Å². The molecule has 0 aliphatic carbocycles. The van der Waals surface area contributed by atoms with E-state index in [1.54, 1.807) is 0 Å². The van der Waals surface area contributed by atoms with Gasteiger partial charge in [-0.2, -0.15) is 9.97 Å². The number of aromatic amines is 2. The largest absolute Gasteiger partial charge is 0.697 e. The molecule has 0 spiro atoms. The van der Waals surface area contributed by atoms with Gasteiger partial charge in [-0.3, -0.25) is 37.7 Å². The molecule has 25 heteroatoms. The lowest BCUT2D eigenvalue weighted by molar-refractivity contribution is -0.0610. The number of imidazole rings is 2. The number of nitrogens with one attached hydrogen (secondary N) is 2. The zero-order valence-electron chi connectivity index (χ0n) is 22.3. The monoisotopic (exact) mass is 673 g/mol. The van der Waals surface area contributed by atoms with E-state index in [0.29, 0.717) is 0 Å². The highest BCUT2D eigenvalue weighted by atomic mass is 31.2. The highest BCUT2D eigenvalue weighted by Crippen LogP contribution is 2.50. The first-order valence-corrected chi connectivity index (χ1v) is 15.5. The molecule has 0 radical (unpaired) electrons. The summed E-state index contributed by atoms with van der Waals surface area (Å²) in [6.07, 6.45) is -9.60. The van der Waals surface area contributed by atoms with E-state index in [0.717, 1.165) is 17.2 Å². The molecule has 3 fully saturated rings. The molecule has 9 N–H and O–H groups in total. The summed E-state index contributed by atoms with van der Waals surface area (Å²) in [5.74, 6) is -0.488. The number of aromatic nitrogens is 8. The van der Waals surface area contributed by atoms with Crippen LogP contribution in [0.15, 0.2) is 22.2 Å². The van der Waals surface area contributed by atoms with Crippen LogP contribution >= 0.6 is 16.1 Å². The van der Waals surface area contributed by atoms with Gasteiger partial charge in [-0.05, 0) is 0 Å². The smallest absolute Gasteiger partial charge is 0.386 e. The van der Waals surface area contributed by atoms with E-state index in [1.807, 2.05) is 0 Å². The van der Waals surface area contributed by atoms with Crippen LogP contribution in [0.3, 0.4) is 0 Å². The number of nitrogens with zero attached hydrogens (tertiary/aromatic N) is 6. The van der Waals surface area contributed by atoms with Crippen LogP contribution in [0.2, 0.25) is 0 Å². The molecule has 0 bridgehead atoms. The van der Waals surface area contributed by atoms with Crippen molar-refractivity contribution in [1.29, 1.82) is 0 Å². The highest BCUT2D eigenvalue weighted by Gasteiger charge is 2.55. The predicted molar refractivity (Wildman–Crippen MR) is 144 cm³/mol. The number of phosphoric acid groups is 1. The number of phosphoric ester groups is 1. The molecule has 4 aromatic heterocycles. The molecule has 7 rings (SSSR count). The van der Waals surface area contributed by atoms with Crippen molar-refractivity contribution in [3.8, 4) is 0 Å². The van der Waals surface area contributed by atoms with Gasteiger partial charge in [0.1, 0.15) is 37.1 Å². The van der Waals surface area contributed by atoms with Gasteiger partial charge in [0, 0.05) is 4.57 Å². The molecule has 23 nitrogen and oxygen atoms in total. The summed E-state index contributed by atoms with van der Waals surface area (Å²) in [7, 11) is -8.05. The number of aliphatic hydroxyl groups is 2. The lowest BCUT2D eigenvalue weighted by Gasteiger charge is -2.24. The molecule has 7 heterocycles. The van der Waals surface area contributed by atoms with Crippen molar-refractivity contribution in [1.82, 2.24) is 39.0 Å². The summed E-state index contributed by atoms with van der Waals surface area (Å²) in [6.45, 7) is -1.38. The van der Waals surface area contributed by atoms with Gasteiger partial charge in [-0.15, -0.1) is 9.05 Å². The number of hydrogen-bond acceptors (Lipinski definition) is 18. The van der Waals surface area contributed by atoms with Crippen LogP contribution in [0.1, 0.15) is 12.5 Å². The van der Waals surface area contributed by atoms with Gasteiger partial charge in [-0.25, -0.2) is 14.5 Å². The molecule has 45 heavy (non-hydrogen) atoms. The minimum absolute atomic E-state index is 0.0583. The number of ether oxygens (including phenoxy) is 2. The average Bonchev–Trinajstić information content (AvgIpc) is 3.72. The molecular formula is C20H23N10O13P2+. The number of aliphatic hydroxyl groups excluding tert-OH is 2. The number of nitrogen functional groups attached to an aromatic ring is 2. The third-order valence-electron chi connectivity index (χ3n) is 7.28. The van der Waals surface area contributed by atoms with Gasteiger partial charge < -0.3 is 36.0 Å². The van der Waals surface area contributed by atoms with E-state index in [9.17, 15) is 33.8 Å². The number of hydrogen-bond donors (Lipinski definition) is 7. The number of anilines is 2. The summed E-state index contributed by atoms with van der Waals surface area (Å²) in [4.78, 5) is 55.5. The van der Waals surface area contributed by atoms with E-state index in [4.69, 9.17) is 39.0 Å². The molecule has 0 aromatic carbocycles. The van der Waals surface area contributed by atoms with Crippen molar-refractivity contribution in [3.05, 3.63) is 33.4 Å². The van der Waals surface area contributed by atoms with E-state index in [-0.39, 0.29) is 34.2 Å². The van der Waals surface area contributed by atoms with E-state index in [2.05, 4.69) is 29.9 Å². The molecule has 3 aliphatic heterocycles. The van der Waals surface area contributed by atoms with Crippen molar-refractivity contribution >= 4 is 50.3 Å². The Morgan fingerprint density at radius 3 is 1.96 bits per heavy atom. The third kappa shape index (κ3) is 5.22. The Labute approximate surface area is 248 Å². The van der Waals surface area contributed by atoms with Crippen LogP contribution in [0, 0.1) is 0 Å². The van der Waals surface area contributed by atoms with Crippen LogP contribution in [-0.4, -0.2) is 104 Å². The van der Waals surface area contributed by atoms with Gasteiger partial charge in [-0.1, -0.05) is 0 Å². The van der Waals surface area contributed by atoms with Gasteiger partial charge >= 0.3 is 16.1 Å². The number of H-pyrrole nitrogens is 2. The molecular weight excluding hydrogens is 650 g/mol. The number of fused-ring (bicyclic) bond motifs is 4. The summed E-state index contributed by atoms with van der Waals surface area (Å²) in [5.41, 5.74) is 9.58. The first kappa shape index (κ1) is 30.0. The normalized spacial score (nSPS) is 35.2. The lowest BCUT2D eigenvalue weighted by atomic mass is 10.1. The summed E-state index contributed by atoms with van der Waals surface area (Å²) >= 11 is 0. The topological polar surface area (TPSA) is 329 Å². The maximum atomic E-state index is 13.1. The fraction of sp³-hybridized carbons (Fsp3) is 0.500. The van der Waals surface area contributed by atoms with Crippen LogP contribution in [0.4, 0.5) is 11.9 Å². The third-order valence-corrected chi connectivity index (χ3v) is 9.04. The Hall–Kier alpha value is -3.73. The first-order valence-electron chi connectivity index (χ1n) is 12.9. The van der Waals surface area contributed by atoms with Crippen LogP contribution < -0.4 is 22.6 Å². The molecule has 2 unspecified atom stereocenters. The average molecular weight is 673 g/mol. The first-order chi connectivity index (χ1) is 21.4. The molecule has 3 saturated heterocycles. The number of nitrogens with two attached hydrogens (primary N) is 2. The maximum absolute atomic E-state index is 13.1. The summed E-state index contributed by atoms with van der Waals surface area (Å²) < 4.78 is 61.1. The summed E-state index contributed by atoms with van der Waals surface area (Å²) in [6, 6.07) is 0. The van der Waals surface area contributed by atoms with E-state index in [1.165, 1.54) is 4.57 Å². The Morgan fingerprint density at radius 2 is 1.40 bits per heavy atom. The minimum Gasteiger partial charge on any atom is -0.386 e. The highest BCUT2D eigenvalue weighted by molar-refractivity contribution is 7.47. The second-order valence-electron chi connectivity index (χ2n) is 10.1. The van der Waals surface area contributed by atoms with Crippen LogP contribution in [0.25, 0.3) is 22.3 Å². The Balaban J connectivity index is 1.15. The fourth-order valence-electron chi connectivity index (χ4n) is 5.30. The van der Waals surface area contributed by atoms with Crippen molar-refractivity contribution in [3.63, 3.8) is 0 Å². The number of rotatable bonds is 2. The summed E-state index contributed by atoms with van der Waals surface area (Å²) in [5, 5.41) is 22.2. The maximum Gasteiger partial charge on any atom is 0.697 e. The molecule has 0 saturated carbocycles. The van der Waals surface area contributed by atoms with Gasteiger partial charge in [0.05, 0.1) is 19.3 Å². The van der Waals surface area contributed by atoms with Crippen molar-refractivity contribution < 1.29 is 51.8 Å². The Morgan fingerprint density at radius 1 is 0.889 bits per heavy atom. The van der Waals surface area contributed by atoms with Gasteiger partial charge in [0.2, 0.25) is 11.9 Å². The SMILES string of the molecule is Nc1nc2c(ncn2[C@@H]2O[C@@H]3COP(=O)(O)O[C@H]4[C@@H](O)[C@H](n5cnc6c(=O)[nH]c(N)nc65)O[C@@H]4CO[P+](=O)O[C@H]3[C@H]2O)c(=O)[nH]1. The second-order valence-corrected chi connectivity index (χ2v) is 12.4. The van der Waals surface area contributed by atoms with Crippen molar-refractivity contribution in [2.75, 3.05) is 24.7 Å². The zero-order chi connectivity index (χ0) is 31.8. The second kappa shape index (κ2) is 11.0. The lowest BCUT2D eigenvalue weighted by Crippen LogP contribution is -2.38. The van der Waals surface area contributed by atoms with Crippen molar-refractivity contribution in [2.24, 2.45) is 0 Å². The van der Waals surface area contributed by atoms with Crippen LogP contribution in [0.5, 0.6) is 0 Å². The molecule has 4 aromatic rings. The Bertz CT molecular complexity index is 1980.